The van der Waals surface area contributed by atoms with Crippen molar-refractivity contribution in [3.63, 3.8) is 0 Å². The van der Waals surface area contributed by atoms with Crippen LogP contribution in [0.25, 0.3) is 0 Å². The summed E-state index contributed by atoms with van der Waals surface area (Å²) in [6.07, 6.45) is 3.89. The number of hydrogen-bond donors (Lipinski definition) is 1. The summed E-state index contributed by atoms with van der Waals surface area (Å²) in [5.74, 6) is -1.34. The third-order valence-corrected chi connectivity index (χ3v) is 6.99. The molecule has 0 aromatic rings. The molecular formula is C16H28N2O5S. The van der Waals surface area contributed by atoms with Gasteiger partial charge in [-0.3, -0.25) is 9.59 Å². The number of unbranched alkanes of at least 4 members (excludes halogenated alkanes) is 1. The minimum atomic E-state index is -3.21. The number of nitrogens with zero attached hydrogens (tertiary/aromatic N) is 2. The number of carboxylic acids is 1. The fourth-order valence-corrected chi connectivity index (χ4v) is 5.15. The molecule has 2 rings (SSSR count). The number of likely N-dealkylation sites (tertiary alicyclic amines) is 1. The van der Waals surface area contributed by atoms with E-state index in [0.717, 1.165) is 6.42 Å². The van der Waals surface area contributed by atoms with Crippen molar-refractivity contribution in [1.82, 2.24) is 9.21 Å². The van der Waals surface area contributed by atoms with E-state index in [1.165, 1.54) is 4.31 Å². The molecule has 24 heavy (non-hydrogen) atoms. The summed E-state index contributed by atoms with van der Waals surface area (Å²) in [6, 6.07) is 0. The first kappa shape index (κ1) is 19.2. The molecule has 0 unspecified atom stereocenters. The Balaban J connectivity index is 1.87. The average Bonchev–Trinajstić information content (AvgIpc) is 2.59. The highest BCUT2D eigenvalue weighted by molar-refractivity contribution is 7.89. The van der Waals surface area contributed by atoms with Gasteiger partial charge in [0.05, 0.1) is 11.7 Å². The predicted molar refractivity (Wildman–Crippen MR) is 89.9 cm³/mol. The fourth-order valence-electron chi connectivity index (χ4n) is 3.47. The summed E-state index contributed by atoms with van der Waals surface area (Å²) in [5, 5.41) is 9.13. The van der Waals surface area contributed by atoms with Gasteiger partial charge in [-0.15, -0.1) is 0 Å². The van der Waals surface area contributed by atoms with Gasteiger partial charge in [-0.05, 0) is 32.1 Å². The Labute approximate surface area is 144 Å². The van der Waals surface area contributed by atoms with Crippen LogP contribution in [-0.2, 0) is 19.6 Å². The highest BCUT2D eigenvalue weighted by Gasteiger charge is 2.35. The van der Waals surface area contributed by atoms with Gasteiger partial charge in [0.2, 0.25) is 15.9 Å². The third kappa shape index (κ3) is 4.69. The highest BCUT2D eigenvalue weighted by atomic mass is 32.2. The molecule has 8 heteroatoms. The van der Waals surface area contributed by atoms with Gasteiger partial charge in [0.15, 0.2) is 0 Å². The van der Waals surface area contributed by atoms with Gasteiger partial charge >= 0.3 is 5.97 Å². The molecule has 0 radical (unpaired) electrons. The van der Waals surface area contributed by atoms with Crippen LogP contribution in [0.3, 0.4) is 0 Å². The molecule has 0 aromatic heterocycles. The topological polar surface area (TPSA) is 95.0 Å². The Bertz CT molecular complexity index is 555. The number of rotatable bonds is 6. The molecule has 0 saturated carbocycles. The molecule has 2 saturated heterocycles. The summed E-state index contributed by atoms with van der Waals surface area (Å²) in [6.45, 7) is 3.63. The van der Waals surface area contributed by atoms with Crippen molar-refractivity contribution < 1.29 is 23.1 Å². The Morgan fingerprint density at radius 1 is 1.08 bits per heavy atom. The number of aliphatic carboxylic acids is 1. The van der Waals surface area contributed by atoms with E-state index in [4.69, 9.17) is 5.11 Å². The molecule has 138 valence electrons. The Kier molecular flexibility index (Phi) is 6.62. The molecule has 1 amide bonds. The van der Waals surface area contributed by atoms with Crippen LogP contribution in [0.2, 0.25) is 0 Å². The van der Waals surface area contributed by atoms with Crippen LogP contribution >= 0.6 is 0 Å². The van der Waals surface area contributed by atoms with Gasteiger partial charge in [-0.2, -0.15) is 0 Å². The fraction of sp³-hybridized carbons (Fsp3) is 0.875. The Morgan fingerprint density at radius 2 is 1.75 bits per heavy atom. The second-order valence-electron chi connectivity index (χ2n) is 6.80. The molecule has 0 aliphatic carbocycles. The molecule has 2 heterocycles. The van der Waals surface area contributed by atoms with Gasteiger partial charge in [-0.1, -0.05) is 13.3 Å². The van der Waals surface area contributed by atoms with Gasteiger partial charge < -0.3 is 10.0 Å². The third-order valence-electron chi connectivity index (χ3n) is 5.03. The summed E-state index contributed by atoms with van der Waals surface area (Å²) in [5.41, 5.74) is 0. The summed E-state index contributed by atoms with van der Waals surface area (Å²) in [4.78, 5) is 25.4. The van der Waals surface area contributed by atoms with Crippen molar-refractivity contribution in [1.29, 1.82) is 0 Å². The summed E-state index contributed by atoms with van der Waals surface area (Å²) >= 11 is 0. The largest absolute Gasteiger partial charge is 0.481 e. The zero-order valence-electron chi connectivity index (χ0n) is 14.3. The minimum Gasteiger partial charge on any atom is -0.481 e. The van der Waals surface area contributed by atoms with Crippen LogP contribution in [0.15, 0.2) is 0 Å². The zero-order chi connectivity index (χ0) is 17.7. The van der Waals surface area contributed by atoms with Crippen molar-refractivity contribution in [2.75, 3.05) is 31.9 Å². The SMILES string of the molecule is CCCCS(=O)(=O)N1CCC(C(=O)N2CCC[C@H](C(=O)O)C2)CC1. The van der Waals surface area contributed by atoms with Crippen molar-refractivity contribution in [2.24, 2.45) is 11.8 Å². The van der Waals surface area contributed by atoms with Gasteiger partial charge in [0, 0.05) is 32.1 Å². The molecule has 7 nitrogen and oxygen atoms in total. The molecule has 2 fully saturated rings. The molecule has 0 aromatic carbocycles. The Morgan fingerprint density at radius 3 is 2.33 bits per heavy atom. The predicted octanol–water partition coefficient (Wildman–Crippen LogP) is 1.15. The van der Waals surface area contributed by atoms with Crippen LogP contribution in [0.4, 0.5) is 0 Å². The van der Waals surface area contributed by atoms with E-state index in [1.807, 2.05) is 6.92 Å². The quantitative estimate of drug-likeness (QED) is 0.767. The van der Waals surface area contributed by atoms with E-state index in [-0.39, 0.29) is 24.1 Å². The van der Waals surface area contributed by atoms with Crippen molar-refractivity contribution in [2.45, 2.75) is 45.4 Å². The van der Waals surface area contributed by atoms with Crippen LogP contribution < -0.4 is 0 Å². The van der Waals surface area contributed by atoms with E-state index in [9.17, 15) is 18.0 Å². The lowest BCUT2D eigenvalue weighted by atomic mass is 9.93. The lowest BCUT2D eigenvalue weighted by molar-refractivity contribution is -0.147. The highest BCUT2D eigenvalue weighted by Crippen LogP contribution is 2.25. The summed E-state index contributed by atoms with van der Waals surface area (Å²) < 4.78 is 25.9. The number of amides is 1. The van der Waals surface area contributed by atoms with Crippen molar-refractivity contribution >= 4 is 21.9 Å². The lowest BCUT2D eigenvalue weighted by Gasteiger charge is -2.36. The molecule has 0 spiro atoms. The van der Waals surface area contributed by atoms with E-state index >= 15 is 0 Å². The number of carbonyl (C=O) groups is 2. The maximum Gasteiger partial charge on any atom is 0.308 e. The normalized spacial score (nSPS) is 24.0. The van der Waals surface area contributed by atoms with Crippen LogP contribution in [0.5, 0.6) is 0 Å². The van der Waals surface area contributed by atoms with Gasteiger partial charge in [0.25, 0.3) is 0 Å². The van der Waals surface area contributed by atoms with E-state index < -0.39 is 21.9 Å². The molecule has 1 N–H and O–H groups in total. The molecule has 2 aliphatic heterocycles. The minimum absolute atomic E-state index is 0.00782. The van der Waals surface area contributed by atoms with Gasteiger partial charge in [0.1, 0.15) is 0 Å². The molecular weight excluding hydrogens is 332 g/mol. The van der Waals surface area contributed by atoms with Crippen molar-refractivity contribution in [3.8, 4) is 0 Å². The second kappa shape index (κ2) is 8.29. The van der Waals surface area contributed by atoms with E-state index in [2.05, 4.69) is 0 Å². The first-order valence-electron chi connectivity index (χ1n) is 8.84. The van der Waals surface area contributed by atoms with Crippen LogP contribution in [-0.4, -0.2) is 66.5 Å². The maximum absolute atomic E-state index is 12.6. The number of piperidine rings is 2. The average molecular weight is 360 g/mol. The zero-order valence-corrected chi connectivity index (χ0v) is 15.1. The number of sulfonamides is 1. The molecule has 2 aliphatic rings. The van der Waals surface area contributed by atoms with Gasteiger partial charge in [-0.25, -0.2) is 12.7 Å². The first-order chi connectivity index (χ1) is 11.3. The maximum atomic E-state index is 12.6. The van der Waals surface area contributed by atoms with Crippen LogP contribution in [0, 0.1) is 11.8 Å². The smallest absolute Gasteiger partial charge is 0.308 e. The molecule has 1 atom stereocenters. The standard InChI is InChI=1S/C16H28N2O5S/c1-2-3-11-24(22,23)18-9-6-13(7-10-18)15(19)17-8-4-5-14(12-17)16(20)21/h13-14H,2-12H2,1H3,(H,20,21)/t14-/m0/s1. The van der Waals surface area contributed by atoms with Crippen LogP contribution in [0.1, 0.15) is 45.4 Å². The van der Waals surface area contributed by atoms with Crippen molar-refractivity contribution in [3.05, 3.63) is 0 Å². The first-order valence-corrected chi connectivity index (χ1v) is 10.5. The Hall–Kier alpha value is -1.15. The lowest BCUT2D eigenvalue weighted by Crippen LogP contribution is -2.48. The number of hydrogen-bond acceptors (Lipinski definition) is 4. The second-order valence-corrected chi connectivity index (χ2v) is 8.89. The molecule has 0 bridgehead atoms. The van der Waals surface area contributed by atoms with E-state index in [1.54, 1.807) is 4.90 Å². The number of carbonyl (C=O) groups excluding carboxylic acids is 1. The summed E-state index contributed by atoms with van der Waals surface area (Å²) in [7, 11) is -3.21. The van der Waals surface area contributed by atoms with E-state index in [0.29, 0.717) is 51.7 Å². The monoisotopic (exact) mass is 360 g/mol. The number of carboxylic acid groups (broad SMARTS) is 1.